The second kappa shape index (κ2) is 4.67. The molecule has 0 spiro atoms. The number of hydrogen-bond acceptors (Lipinski definition) is 5. The molecule has 6 heteroatoms. The molecule has 0 atom stereocenters. The Morgan fingerprint density at radius 1 is 1.24 bits per heavy atom. The predicted octanol–water partition coefficient (Wildman–Crippen LogP) is 2.70. The summed E-state index contributed by atoms with van der Waals surface area (Å²) in [6, 6.07) is 3.62. The maximum atomic E-state index is 5.70. The highest BCUT2D eigenvalue weighted by Crippen LogP contribution is 2.41. The van der Waals surface area contributed by atoms with Gasteiger partial charge < -0.3 is 19.7 Å². The molecule has 0 unspecified atom stereocenters. The summed E-state index contributed by atoms with van der Waals surface area (Å²) in [5.74, 6) is 1.58. The van der Waals surface area contributed by atoms with E-state index >= 15 is 0 Å². The molecule has 0 amide bonds. The minimum Gasteiger partial charge on any atom is -0.497 e. The molecule has 1 aromatic carbocycles. The molecule has 2 aromatic rings. The van der Waals surface area contributed by atoms with E-state index in [1.54, 1.807) is 20.4 Å². The van der Waals surface area contributed by atoms with Crippen molar-refractivity contribution < 1.29 is 14.0 Å². The van der Waals surface area contributed by atoms with Gasteiger partial charge in [-0.2, -0.15) is 0 Å². The Balaban J connectivity index is 2.66. The summed E-state index contributed by atoms with van der Waals surface area (Å²) < 4.78 is 16.1. The number of benzene rings is 1. The van der Waals surface area contributed by atoms with Gasteiger partial charge in [0.25, 0.3) is 0 Å². The fourth-order valence-corrected chi connectivity index (χ4v) is 2.15. The molecule has 1 heterocycles. The Labute approximate surface area is 107 Å². The number of nitrogen functional groups attached to an aromatic ring is 1. The number of rotatable bonds is 3. The standard InChI is InChI=1S/C11H11BrN2O3/c1-15-6-3-7(8-5-14-17-11(8)13)10(16-2)9(12)4-6/h3-5H,13H2,1-2H3. The number of nitrogens with two attached hydrogens (primary N) is 1. The molecule has 17 heavy (non-hydrogen) atoms. The molecule has 0 saturated heterocycles. The lowest BCUT2D eigenvalue weighted by Crippen LogP contribution is -1.93. The zero-order chi connectivity index (χ0) is 12.4. The normalized spacial score (nSPS) is 10.3. The molecule has 2 rings (SSSR count). The van der Waals surface area contributed by atoms with Gasteiger partial charge in [-0.1, -0.05) is 5.16 Å². The highest BCUT2D eigenvalue weighted by molar-refractivity contribution is 9.10. The highest BCUT2D eigenvalue weighted by atomic mass is 79.9. The lowest BCUT2D eigenvalue weighted by Gasteiger charge is -2.11. The average Bonchev–Trinajstić information content (AvgIpc) is 2.74. The molecule has 0 aliphatic rings. The first-order chi connectivity index (χ1) is 8.17. The summed E-state index contributed by atoms with van der Waals surface area (Å²) in [5.41, 5.74) is 7.13. The van der Waals surface area contributed by atoms with E-state index in [1.165, 1.54) is 0 Å². The quantitative estimate of drug-likeness (QED) is 0.943. The second-order valence-electron chi connectivity index (χ2n) is 3.29. The van der Waals surface area contributed by atoms with Crippen LogP contribution in [0.3, 0.4) is 0 Å². The Bertz CT molecular complexity index is 540. The molecule has 0 bridgehead atoms. The second-order valence-corrected chi connectivity index (χ2v) is 4.15. The Hall–Kier alpha value is -1.69. The van der Waals surface area contributed by atoms with Crippen molar-refractivity contribution in [3.63, 3.8) is 0 Å². The van der Waals surface area contributed by atoms with Crippen molar-refractivity contribution in [2.75, 3.05) is 20.0 Å². The van der Waals surface area contributed by atoms with Crippen LogP contribution in [0.25, 0.3) is 11.1 Å². The van der Waals surface area contributed by atoms with Gasteiger partial charge in [-0.3, -0.25) is 0 Å². The van der Waals surface area contributed by atoms with Gasteiger partial charge in [0, 0.05) is 5.56 Å². The summed E-state index contributed by atoms with van der Waals surface area (Å²) in [4.78, 5) is 0. The highest BCUT2D eigenvalue weighted by Gasteiger charge is 2.16. The van der Waals surface area contributed by atoms with Crippen molar-refractivity contribution in [2.24, 2.45) is 0 Å². The maximum absolute atomic E-state index is 5.70. The van der Waals surface area contributed by atoms with E-state index in [9.17, 15) is 0 Å². The van der Waals surface area contributed by atoms with Gasteiger partial charge in [-0.15, -0.1) is 0 Å². The Kier molecular flexibility index (Phi) is 3.23. The van der Waals surface area contributed by atoms with Crippen molar-refractivity contribution >= 4 is 21.8 Å². The fourth-order valence-electron chi connectivity index (χ4n) is 1.54. The van der Waals surface area contributed by atoms with Crippen LogP contribution in [-0.4, -0.2) is 19.4 Å². The van der Waals surface area contributed by atoms with E-state index in [0.717, 1.165) is 10.0 Å². The predicted molar refractivity (Wildman–Crippen MR) is 67.2 cm³/mol. The van der Waals surface area contributed by atoms with Crippen LogP contribution in [0.15, 0.2) is 27.3 Å². The van der Waals surface area contributed by atoms with Crippen LogP contribution in [-0.2, 0) is 0 Å². The van der Waals surface area contributed by atoms with E-state index in [2.05, 4.69) is 21.1 Å². The van der Waals surface area contributed by atoms with Crippen LogP contribution < -0.4 is 15.2 Å². The smallest absolute Gasteiger partial charge is 0.230 e. The zero-order valence-corrected chi connectivity index (χ0v) is 10.9. The number of methoxy groups -OCH3 is 2. The first-order valence-corrected chi connectivity index (χ1v) is 5.58. The number of nitrogens with zero attached hydrogens (tertiary/aromatic N) is 1. The van der Waals surface area contributed by atoms with Gasteiger partial charge in [0.15, 0.2) is 0 Å². The summed E-state index contributed by atoms with van der Waals surface area (Å²) in [6.07, 6.45) is 1.54. The van der Waals surface area contributed by atoms with Crippen molar-refractivity contribution in [3.05, 3.63) is 22.8 Å². The van der Waals surface area contributed by atoms with Crippen LogP contribution in [0.5, 0.6) is 11.5 Å². The lowest BCUT2D eigenvalue weighted by atomic mass is 10.1. The third-order valence-electron chi connectivity index (χ3n) is 2.35. The zero-order valence-electron chi connectivity index (χ0n) is 9.36. The SMILES string of the molecule is COc1cc(Br)c(OC)c(-c2cnoc2N)c1. The van der Waals surface area contributed by atoms with E-state index < -0.39 is 0 Å². The molecule has 0 saturated carbocycles. The van der Waals surface area contributed by atoms with Crippen molar-refractivity contribution in [1.29, 1.82) is 0 Å². The molecular weight excluding hydrogens is 288 g/mol. The molecule has 0 aliphatic carbocycles. The largest absolute Gasteiger partial charge is 0.497 e. The van der Waals surface area contributed by atoms with Crippen LogP contribution in [0, 0.1) is 0 Å². The van der Waals surface area contributed by atoms with Gasteiger partial charge in [0.05, 0.1) is 30.5 Å². The minimum atomic E-state index is 0.239. The maximum Gasteiger partial charge on any atom is 0.230 e. The fraction of sp³-hybridized carbons (Fsp3) is 0.182. The molecule has 0 radical (unpaired) electrons. The summed E-state index contributed by atoms with van der Waals surface area (Å²) >= 11 is 3.41. The Morgan fingerprint density at radius 2 is 2.00 bits per heavy atom. The topological polar surface area (TPSA) is 70.5 Å². The van der Waals surface area contributed by atoms with Gasteiger partial charge in [0.2, 0.25) is 5.88 Å². The van der Waals surface area contributed by atoms with Crippen molar-refractivity contribution in [1.82, 2.24) is 5.16 Å². The number of aromatic nitrogens is 1. The Morgan fingerprint density at radius 3 is 2.53 bits per heavy atom. The third-order valence-corrected chi connectivity index (χ3v) is 2.93. The van der Waals surface area contributed by atoms with Crippen molar-refractivity contribution in [3.8, 4) is 22.6 Å². The average molecular weight is 299 g/mol. The first-order valence-electron chi connectivity index (χ1n) is 4.79. The molecule has 90 valence electrons. The number of ether oxygens (including phenoxy) is 2. The van der Waals surface area contributed by atoms with Gasteiger partial charge in [-0.25, -0.2) is 0 Å². The molecular formula is C11H11BrN2O3. The van der Waals surface area contributed by atoms with E-state index in [1.807, 2.05) is 12.1 Å². The molecule has 0 fully saturated rings. The lowest BCUT2D eigenvalue weighted by molar-refractivity contribution is 0.402. The number of hydrogen-bond donors (Lipinski definition) is 1. The number of anilines is 1. The van der Waals surface area contributed by atoms with Crippen molar-refractivity contribution in [2.45, 2.75) is 0 Å². The van der Waals surface area contributed by atoms with Gasteiger partial charge >= 0.3 is 0 Å². The monoisotopic (exact) mass is 298 g/mol. The van der Waals surface area contributed by atoms with E-state index in [-0.39, 0.29) is 5.88 Å². The molecule has 0 aliphatic heterocycles. The van der Waals surface area contributed by atoms with Crippen LogP contribution in [0.2, 0.25) is 0 Å². The first kappa shape index (κ1) is 11.8. The number of halogens is 1. The minimum absolute atomic E-state index is 0.239. The third kappa shape index (κ3) is 2.08. The summed E-state index contributed by atoms with van der Waals surface area (Å²) in [7, 11) is 3.18. The molecule has 2 N–H and O–H groups in total. The van der Waals surface area contributed by atoms with Crippen LogP contribution in [0.1, 0.15) is 0 Å². The molecule has 5 nitrogen and oxygen atoms in total. The molecule has 1 aromatic heterocycles. The van der Waals surface area contributed by atoms with E-state index in [0.29, 0.717) is 17.1 Å². The van der Waals surface area contributed by atoms with Crippen LogP contribution >= 0.6 is 15.9 Å². The summed E-state index contributed by atoms with van der Waals surface area (Å²) in [5, 5.41) is 3.65. The van der Waals surface area contributed by atoms with Gasteiger partial charge in [0.1, 0.15) is 11.5 Å². The van der Waals surface area contributed by atoms with E-state index in [4.69, 9.17) is 19.7 Å². The van der Waals surface area contributed by atoms with Crippen LogP contribution in [0.4, 0.5) is 5.88 Å². The summed E-state index contributed by atoms with van der Waals surface area (Å²) in [6.45, 7) is 0. The van der Waals surface area contributed by atoms with Gasteiger partial charge in [-0.05, 0) is 28.1 Å².